The molecule has 1 aliphatic heterocycles. The number of halogens is 1. The van der Waals surface area contributed by atoms with Gasteiger partial charge in [0.1, 0.15) is 5.88 Å². The standard InChI is InChI=1S/C13H16ClNO/c1-2-10-4-3-5-11-9-15(13(16)8-14)7-6-12(10)11/h3-5H,2,6-9H2,1H3. The van der Waals surface area contributed by atoms with Crippen LogP contribution in [0.15, 0.2) is 18.2 Å². The van der Waals surface area contributed by atoms with E-state index in [1.54, 1.807) is 0 Å². The molecule has 0 unspecified atom stereocenters. The summed E-state index contributed by atoms with van der Waals surface area (Å²) in [7, 11) is 0. The fourth-order valence-corrected chi connectivity index (χ4v) is 2.49. The zero-order valence-electron chi connectivity index (χ0n) is 9.50. The summed E-state index contributed by atoms with van der Waals surface area (Å²) in [5.41, 5.74) is 4.13. The summed E-state index contributed by atoms with van der Waals surface area (Å²) in [5, 5.41) is 0. The van der Waals surface area contributed by atoms with Gasteiger partial charge in [0.2, 0.25) is 5.91 Å². The Morgan fingerprint density at radius 1 is 1.50 bits per heavy atom. The van der Waals surface area contributed by atoms with Crippen molar-refractivity contribution in [2.24, 2.45) is 0 Å². The van der Waals surface area contributed by atoms with Crippen molar-refractivity contribution < 1.29 is 4.79 Å². The average molecular weight is 238 g/mol. The predicted octanol–water partition coefficient (Wildman–Crippen LogP) is 2.37. The summed E-state index contributed by atoms with van der Waals surface area (Å²) in [6.07, 6.45) is 2.02. The number of hydrogen-bond donors (Lipinski definition) is 0. The van der Waals surface area contributed by atoms with Crippen LogP contribution in [0.2, 0.25) is 0 Å². The average Bonchev–Trinajstić information content (AvgIpc) is 2.36. The molecule has 2 rings (SSSR count). The molecule has 0 saturated heterocycles. The molecule has 16 heavy (non-hydrogen) atoms. The number of aryl methyl sites for hydroxylation is 1. The Morgan fingerprint density at radius 2 is 2.31 bits per heavy atom. The van der Waals surface area contributed by atoms with Crippen molar-refractivity contribution in [1.29, 1.82) is 0 Å². The number of fused-ring (bicyclic) bond motifs is 1. The Bertz CT molecular complexity index is 403. The van der Waals surface area contributed by atoms with Crippen molar-refractivity contribution in [3.63, 3.8) is 0 Å². The molecule has 1 amide bonds. The van der Waals surface area contributed by atoms with Crippen molar-refractivity contribution in [2.45, 2.75) is 26.3 Å². The third kappa shape index (κ3) is 2.07. The first-order valence-corrected chi connectivity index (χ1v) is 6.23. The highest BCUT2D eigenvalue weighted by Gasteiger charge is 2.20. The summed E-state index contributed by atoms with van der Waals surface area (Å²) >= 11 is 5.58. The first kappa shape index (κ1) is 11.5. The molecule has 0 saturated carbocycles. The van der Waals surface area contributed by atoms with Crippen molar-refractivity contribution in [3.05, 3.63) is 34.9 Å². The van der Waals surface area contributed by atoms with Gasteiger partial charge in [-0.2, -0.15) is 0 Å². The topological polar surface area (TPSA) is 20.3 Å². The van der Waals surface area contributed by atoms with E-state index in [1.165, 1.54) is 16.7 Å². The normalized spacial score (nSPS) is 14.8. The van der Waals surface area contributed by atoms with E-state index in [1.807, 2.05) is 4.90 Å². The second-order valence-corrected chi connectivity index (χ2v) is 4.37. The van der Waals surface area contributed by atoms with Gasteiger partial charge in [-0.3, -0.25) is 4.79 Å². The molecular weight excluding hydrogens is 222 g/mol. The van der Waals surface area contributed by atoms with E-state index in [4.69, 9.17) is 11.6 Å². The molecule has 1 aromatic rings. The van der Waals surface area contributed by atoms with Crippen LogP contribution in [0, 0.1) is 0 Å². The molecule has 0 aliphatic carbocycles. The lowest BCUT2D eigenvalue weighted by molar-refractivity contribution is -0.129. The van der Waals surface area contributed by atoms with Gasteiger partial charge in [0, 0.05) is 13.1 Å². The molecular formula is C13H16ClNO. The van der Waals surface area contributed by atoms with Crippen molar-refractivity contribution >= 4 is 17.5 Å². The Morgan fingerprint density at radius 3 is 3.00 bits per heavy atom. The van der Waals surface area contributed by atoms with Crippen LogP contribution in [0.3, 0.4) is 0 Å². The molecule has 1 heterocycles. The van der Waals surface area contributed by atoms with E-state index in [0.29, 0.717) is 6.54 Å². The van der Waals surface area contributed by atoms with Gasteiger partial charge >= 0.3 is 0 Å². The van der Waals surface area contributed by atoms with E-state index in [0.717, 1.165) is 19.4 Å². The molecule has 1 aliphatic rings. The van der Waals surface area contributed by atoms with Crippen LogP contribution in [-0.2, 0) is 24.2 Å². The zero-order chi connectivity index (χ0) is 11.5. The van der Waals surface area contributed by atoms with Crippen LogP contribution in [0.25, 0.3) is 0 Å². The first-order chi connectivity index (χ1) is 7.76. The molecule has 0 aromatic heterocycles. The van der Waals surface area contributed by atoms with E-state index < -0.39 is 0 Å². The molecule has 0 bridgehead atoms. The molecule has 0 radical (unpaired) electrons. The third-order valence-electron chi connectivity index (χ3n) is 3.21. The SMILES string of the molecule is CCc1cccc2c1CCN(C(=O)CCl)C2. The minimum atomic E-state index is 0.0363. The minimum Gasteiger partial charge on any atom is -0.337 e. The van der Waals surface area contributed by atoms with Crippen LogP contribution in [0.5, 0.6) is 0 Å². The van der Waals surface area contributed by atoms with Gasteiger partial charge in [-0.1, -0.05) is 25.1 Å². The zero-order valence-corrected chi connectivity index (χ0v) is 10.3. The number of hydrogen-bond acceptors (Lipinski definition) is 1. The highest BCUT2D eigenvalue weighted by molar-refractivity contribution is 6.27. The second kappa shape index (κ2) is 4.88. The van der Waals surface area contributed by atoms with Gasteiger partial charge in [-0.25, -0.2) is 0 Å². The van der Waals surface area contributed by atoms with Gasteiger partial charge in [0.25, 0.3) is 0 Å². The molecule has 0 N–H and O–H groups in total. The summed E-state index contributed by atoms with van der Waals surface area (Å²) in [6.45, 7) is 3.69. The maximum Gasteiger partial charge on any atom is 0.237 e. The van der Waals surface area contributed by atoms with Crippen LogP contribution in [0.4, 0.5) is 0 Å². The molecule has 0 spiro atoms. The summed E-state index contributed by atoms with van der Waals surface area (Å²) < 4.78 is 0. The second-order valence-electron chi connectivity index (χ2n) is 4.11. The highest BCUT2D eigenvalue weighted by atomic mass is 35.5. The van der Waals surface area contributed by atoms with E-state index >= 15 is 0 Å². The number of benzene rings is 1. The smallest absolute Gasteiger partial charge is 0.237 e. The number of amides is 1. The lowest BCUT2D eigenvalue weighted by Gasteiger charge is -2.29. The monoisotopic (exact) mass is 237 g/mol. The third-order valence-corrected chi connectivity index (χ3v) is 3.44. The number of carbonyl (C=O) groups excluding carboxylic acids is 1. The van der Waals surface area contributed by atoms with E-state index in [-0.39, 0.29) is 11.8 Å². The fraction of sp³-hybridized carbons (Fsp3) is 0.462. The Hall–Kier alpha value is -1.02. The summed E-state index contributed by atoms with van der Waals surface area (Å²) in [4.78, 5) is 13.4. The largest absolute Gasteiger partial charge is 0.337 e. The number of rotatable bonds is 2. The molecule has 0 fully saturated rings. The number of nitrogens with zero attached hydrogens (tertiary/aromatic N) is 1. The lowest BCUT2D eigenvalue weighted by atomic mass is 9.93. The highest BCUT2D eigenvalue weighted by Crippen LogP contribution is 2.23. The van der Waals surface area contributed by atoms with Gasteiger partial charge in [-0.15, -0.1) is 11.6 Å². The van der Waals surface area contributed by atoms with Gasteiger partial charge < -0.3 is 4.90 Å². The van der Waals surface area contributed by atoms with Gasteiger partial charge in [-0.05, 0) is 29.5 Å². The number of alkyl halides is 1. The maximum absolute atomic E-state index is 11.5. The van der Waals surface area contributed by atoms with Gasteiger partial charge in [0.15, 0.2) is 0 Å². The predicted molar refractivity (Wildman–Crippen MR) is 65.7 cm³/mol. The molecule has 0 atom stereocenters. The summed E-state index contributed by atoms with van der Waals surface area (Å²) in [5.74, 6) is 0.122. The van der Waals surface area contributed by atoms with Crippen molar-refractivity contribution in [1.82, 2.24) is 4.90 Å². The molecule has 1 aromatic carbocycles. The summed E-state index contributed by atoms with van der Waals surface area (Å²) in [6, 6.07) is 6.37. The molecule has 2 nitrogen and oxygen atoms in total. The van der Waals surface area contributed by atoms with Crippen molar-refractivity contribution in [2.75, 3.05) is 12.4 Å². The lowest BCUT2D eigenvalue weighted by Crippen LogP contribution is -2.37. The Labute approximate surface area is 101 Å². The molecule has 86 valence electrons. The van der Waals surface area contributed by atoms with E-state index in [2.05, 4.69) is 25.1 Å². The Balaban J connectivity index is 2.25. The fourth-order valence-electron chi connectivity index (χ4n) is 2.32. The molecule has 3 heteroatoms. The van der Waals surface area contributed by atoms with Crippen molar-refractivity contribution in [3.8, 4) is 0 Å². The Kier molecular flexibility index (Phi) is 3.49. The van der Waals surface area contributed by atoms with E-state index in [9.17, 15) is 4.79 Å². The minimum absolute atomic E-state index is 0.0363. The number of carbonyl (C=O) groups is 1. The van der Waals surface area contributed by atoms with Crippen LogP contribution in [0.1, 0.15) is 23.6 Å². The van der Waals surface area contributed by atoms with Gasteiger partial charge in [0.05, 0.1) is 0 Å². The van der Waals surface area contributed by atoms with Crippen LogP contribution in [-0.4, -0.2) is 23.2 Å². The first-order valence-electron chi connectivity index (χ1n) is 5.69. The maximum atomic E-state index is 11.5. The van der Waals surface area contributed by atoms with Crippen LogP contribution < -0.4 is 0 Å². The quantitative estimate of drug-likeness (QED) is 0.724. The van der Waals surface area contributed by atoms with Crippen LogP contribution >= 0.6 is 11.6 Å².